The number of aryl methyl sites for hydroxylation is 3. The van der Waals surface area contributed by atoms with Crippen LogP contribution < -0.4 is 0 Å². The molecule has 3 aromatic heterocycles. The van der Waals surface area contributed by atoms with Gasteiger partial charge < -0.3 is 13.6 Å². The maximum atomic E-state index is 5.71. The smallest absolute Gasteiger partial charge is 0.258 e. The Labute approximate surface area is 240 Å². The van der Waals surface area contributed by atoms with Gasteiger partial charge in [0.1, 0.15) is 0 Å². The van der Waals surface area contributed by atoms with Gasteiger partial charge in [0, 0.05) is 33.4 Å². The van der Waals surface area contributed by atoms with Gasteiger partial charge in [-0.05, 0) is 57.2 Å². The fourth-order valence-corrected chi connectivity index (χ4v) is 4.72. The maximum Gasteiger partial charge on any atom is 0.258 e. The highest BCUT2D eigenvalue weighted by Gasteiger charge is 2.20. The zero-order valence-electron chi connectivity index (χ0n) is 23.1. The fourth-order valence-electron chi connectivity index (χ4n) is 4.72. The molecule has 0 saturated heterocycles. The van der Waals surface area contributed by atoms with Crippen molar-refractivity contribution < 1.29 is 13.6 Å². The average Bonchev–Trinajstić information content (AvgIpc) is 3.78. The Morgan fingerprint density at radius 3 is 0.976 bits per heavy atom. The van der Waals surface area contributed by atoms with Crippen molar-refractivity contribution in [2.75, 3.05) is 0 Å². The molecule has 204 valence electrons. The van der Waals surface area contributed by atoms with Gasteiger partial charge in [-0.3, -0.25) is 0 Å². The van der Waals surface area contributed by atoms with E-state index < -0.39 is 0 Å². The van der Waals surface area contributed by atoms with Crippen molar-refractivity contribution in [2.45, 2.75) is 20.8 Å². The number of benzene rings is 4. The maximum absolute atomic E-state index is 5.71. The highest BCUT2D eigenvalue weighted by atomic mass is 16.5. The molecule has 4 aromatic carbocycles. The first-order valence-electron chi connectivity index (χ1n) is 13.4. The zero-order chi connectivity index (χ0) is 28.6. The Bertz CT molecular complexity index is 1810. The Morgan fingerprint density at radius 1 is 0.381 bits per heavy atom. The molecule has 42 heavy (non-hydrogen) atoms. The van der Waals surface area contributed by atoms with E-state index >= 15 is 0 Å². The van der Waals surface area contributed by atoms with Crippen molar-refractivity contribution in [3.8, 4) is 68.5 Å². The summed E-state index contributed by atoms with van der Waals surface area (Å²) in [5.41, 5.74) is 7.81. The third-order valence-corrected chi connectivity index (χ3v) is 6.78. The van der Waals surface area contributed by atoms with E-state index in [2.05, 4.69) is 30.4 Å². The minimum atomic E-state index is 0.325. The van der Waals surface area contributed by atoms with Crippen LogP contribution in [0.5, 0.6) is 0 Å². The summed E-state index contributed by atoms with van der Waals surface area (Å²) in [6, 6.07) is 29.4. The van der Waals surface area contributed by atoms with Gasteiger partial charge in [-0.15, -0.1) is 0 Å². The number of hydrogen-bond donors (Lipinski definition) is 0. The van der Waals surface area contributed by atoms with Crippen LogP contribution in [0.2, 0.25) is 0 Å². The molecule has 0 amide bonds. The van der Waals surface area contributed by atoms with Crippen LogP contribution in [-0.2, 0) is 0 Å². The quantitative estimate of drug-likeness (QED) is 0.204. The largest absolute Gasteiger partial charge is 0.334 e. The van der Waals surface area contributed by atoms with Crippen LogP contribution >= 0.6 is 0 Å². The van der Waals surface area contributed by atoms with Gasteiger partial charge in [0.2, 0.25) is 17.5 Å². The van der Waals surface area contributed by atoms with E-state index in [-0.39, 0.29) is 0 Å². The number of aromatic nitrogens is 6. The van der Waals surface area contributed by atoms with Crippen molar-refractivity contribution in [1.82, 2.24) is 30.4 Å². The lowest BCUT2D eigenvalue weighted by molar-refractivity contribution is 0.429. The summed E-state index contributed by atoms with van der Waals surface area (Å²) in [6.07, 6.45) is 0. The van der Waals surface area contributed by atoms with Crippen molar-refractivity contribution in [3.63, 3.8) is 0 Å². The first-order valence-corrected chi connectivity index (χ1v) is 13.4. The van der Waals surface area contributed by atoms with Crippen LogP contribution in [0.25, 0.3) is 68.5 Å². The summed E-state index contributed by atoms with van der Waals surface area (Å²) in [5, 5.41) is 12.7. The van der Waals surface area contributed by atoms with Crippen LogP contribution in [0, 0.1) is 20.8 Å². The predicted octanol–water partition coefficient (Wildman–Crippen LogP) is 7.76. The lowest BCUT2D eigenvalue weighted by Crippen LogP contribution is -1.88. The first-order chi connectivity index (χ1) is 20.5. The molecule has 0 saturated carbocycles. The summed E-state index contributed by atoms with van der Waals surface area (Å²) in [6.45, 7) is 6.06. The monoisotopic (exact) mass is 552 g/mol. The SMILES string of the molecule is Cc1cccc(-c2noc(-c3cc(-c4nc(-c5cccc(C)c5)no4)cc(-c4nc(-c5cccc(C)c5)no4)c3)n2)c1. The highest BCUT2D eigenvalue weighted by Crippen LogP contribution is 2.34. The summed E-state index contributed by atoms with van der Waals surface area (Å²) in [4.78, 5) is 14.0. The second-order valence-corrected chi connectivity index (χ2v) is 10.2. The Morgan fingerprint density at radius 2 is 0.690 bits per heavy atom. The molecule has 0 N–H and O–H groups in total. The van der Waals surface area contributed by atoms with E-state index in [1.54, 1.807) is 0 Å². The van der Waals surface area contributed by atoms with Gasteiger partial charge in [-0.1, -0.05) is 86.8 Å². The molecule has 7 aromatic rings. The van der Waals surface area contributed by atoms with Crippen LogP contribution in [0.1, 0.15) is 16.7 Å². The molecule has 0 spiro atoms. The zero-order valence-corrected chi connectivity index (χ0v) is 23.1. The van der Waals surface area contributed by atoms with Gasteiger partial charge >= 0.3 is 0 Å². The van der Waals surface area contributed by atoms with Crippen LogP contribution in [0.4, 0.5) is 0 Å². The van der Waals surface area contributed by atoms with Crippen molar-refractivity contribution in [2.24, 2.45) is 0 Å². The second kappa shape index (κ2) is 10.4. The molecular formula is C33H24N6O3. The van der Waals surface area contributed by atoms with Crippen molar-refractivity contribution >= 4 is 0 Å². The van der Waals surface area contributed by atoms with E-state index in [1.165, 1.54) is 0 Å². The molecule has 3 heterocycles. The molecule has 0 radical (unpaired) electrons. The number of hydrogen-bond acceptors (Lipinski definition) is 9. The molecule has 9 heteroatoms. The topological polar surface area (TPSA) is 117 Å². The van der Waals surface area contributed by atoms with Crippen molar-refractivity contribution in [1.29, 1.82) is 0 Å². The Kier molecular flexibility index (Phi) is 6.24. The fraction of sp³-hybridized carbons (Fsp3) is 0.0909. The van der Waals surface area contributed by atoms with Gasteiger partial charge in [0.25, 0.3) is 17.7 Å². The van der Waals surface area contributed by atoms with E-state index in [0.717, 1.165) is 33.4 Å². The van der Waals surface area contributed by atoms with Crippen LogP contribution in [0.15, 0.2) is 105 Å². The Hall–Kier alpha value is -5.70. The summed E-state index contributed by atoms with van der Waals surface area (Å²) in [5.74, 6) is 2.43. The molecule has 9 nitrogen and oxygen atoms in total. The number of rotatable bonds is 6. The molecule has 0 aliphatic rings. The van der Waals surface area contributed by atoms with E-state index in [4.69, 9.17) is 13.6 Å². The van der Waals surface area contributed by atoms with E-state index in [1.807, 2.05) is 112 Å². The van der Waals surface area contributed by atoms with Gasteiger partial charge in [0.15, 0.2) is 0 Å². The summed E-state index contributed by atoms with van der Waals surface area (Å²) in [7, 11) is 0. The normalized spacial score (nSPS) is 11.2. The van der Waals surface area contributed by atoms with E-state index in [0.29, 0.717) is 51.8 Å². The lowest BCUT2D eigenvalue weighted by atomic mass is 10.0. The molecular weight excluding hydrogens is 528 g/mol. The molecule has 7 rings (SSSR count). The second-order valence-electron chi connectivity index (χ2n) is 10.2. The minimum Gasteiger partial charge on any atom is -0.334 e. The van der Waals surface area contributed by atoms with Crippen LogP contribution in [-0.4, -0.2) is 30.4 Å². The Balaban J connectivity index is 1.32. The third kappa shape index (κ3) is 4.99. The molecule has 0 fully saturated rings. The minimum absolute atomic E-state index is 0.325. The summed E-state index contributed by atoms with van der Waals surface area (Å²) < 4.78 is 17.1. The predicted molar refractivity (Wildman–Crippen MR) is 157 cm³/mol. The third-order valence-electron chi connectivity index (χ3n) is 6.78. The first kappa shape index (κ1) is 25.3. The molecule has 0 aliphatic heterocycles. The number of nitrogens with zero attached hydrogens (tertiary/aromatic N) is 6. The van der Waals surface area contributed by atoms with Gasteiger partial charge in [-0.25, -0.2) is 0 Å². The van der Waals surface area contributed by atoms with E-state index in [9.17, 15) is 0 Å². The van der Waals surface area contributed by atoms with Gasteiger partial charge in [0.05, 0.1) is 0 Å². The standard InChI is InChI=1S/C33H24N6O3/c1-19-7-4-10-22(13-19)28-34-31(40-37-28)25-16-26(32-35-29(38-41-32)23-11-5-8-20(2)14-23)18-27(17-25)33-36-30(39-42-33)24-12-6-9-21(3)15-24/h4-18H,1-3H3. The summed E-state index contributed by atoms with van der Waals surface area (Å²) >= 11 is 0. The lowest BCUT2D eigenvalue weighted by Gasteiger charge is -2.02. The molecule has 0 atom stereocenters. The molecule has 0 bridgehead atoms. The van der Waals surface area contributed by atoms with Crippen LogP contribution in [0.3, 0.4) is 0 Å². The molecule has 0 unspecified atom stereocenters. The van der Waals surface area contributed by atoms with Crippen molar-refractivity contribution in [3.05, 3.63) is 108 Å². The highest BCUT2D eigenvalue weighted by molar-refractivity contribution is 5.75. The van der Waals surface area contributed by atoms with Gasteiger partial charge in [-0.2, -0.15) is 15.0 Å². The average molecular weight is 553 g/mol. The molecule has 0 aliphatic carbocycles.